The fraction of sp³-hybridized carbons (Fsp3) is 0.545. The minimum atomic E-state index is -1.23. The average Bonchev–Trinajstić information content (AvgIpc) is 3.35. The predicted octanol–water partition coefficient (Wildman–Crippen LogP) is 1.73. The second-order valence-electron chi connectivity index (χ2n) is 8.08. The molecule has 3 rings (SSSR count). The second-order valence-corrected chi connectivity index (χ2v) is 9.48. The molecule has 0 unspecified atom stereocenters. The molecule has 2 fully saturated rings. The number of ether oxygens (including phenoxy) is 3. The van der Waals surface area contributed by atoms with Crippen LogP contribution in [0.2, 0.25) is 0 Å². The van der Waals surface area contributed by atoms with Gasteiger partial charge in [0.25, 0.3) is 0 Å². The average molecular weight is 497 g/mol. The van der Waals surface area contributed by atoms with Gasteiger partial charge in [-0.3, -0.25) is 4.79 Å². The van der Waals surface area contributed by atoms with Crippen molar-refractivity contribution in [2.75, 3.05) is 26.4 Å². The molecule has 3 aliphatic rings. The van der Waals surface area contributed by atoms with Crippen molar-refractivity contribution >= 4 is 35.9 Å². The molecule has 12 heteroatoms. The quantitative estimate of drug-likeness (QED) is 0.261. The van der Waals surface area contributed by atoms with Crippen molar-refractivity contribution in [1.29, 1.82) is 0 Å². The Morgan fingerprint density at radius 3 is 2.53 bits per heavy atom. The van der Waals surface area contributed by atoms with Crippen molar-refractivity contribution in [2.24, 2.45) is 5.92 Å². The smallest absolute Gasteiger partial charge is 0.477 e. The Labute approximate surface area is 201 Å². The van der Waals surface area contributed by atoms with Crippen LogP contribution < -0.4 is 0 Å². The molecule has 0 aromatic heterocycles. The van der Waals surface area contributed by atoms with Gasteiger partial charge in [0.15, 0.2) is 0 Å². The minimum Gasteiger partial charge on any atom is -0.477 e. The van der Waals surface area contributed by atoms with E-state index in [-0.39, 0.29) is 37.3 Å². The molecule has 2 saturated heterocycles. The molecule has 186 valence electrons. The maximum Gasteiger partial charge on any atom is 0.508 e. The summed E-state index contributed by atoms with van der Waals surface area (Å²) in [6.45, 7) is 8.53. The van der Waals surface area contributed by atoms with Crippen molar-refractivity contribution in [3.05, 3.63) is 35.9 Å². The van der Waals surface area contributed by atoms with E-state index in [0.717, 1.165) is 0 Å². The number of likely N-dealkylation sites (tertiary alicyclic amines) is 1. The van der Waals surface area contributed by atoms with Crippen molar-refractivity contribution in [3.63, 3.8) is 0 Å². The molecule has 0 spiro atoms. The molecule has 0 aliphatic carbocycles. The first-order valence-corrected chi connectivity index (χ1v) is 11.7. The van der Waals surface area contributed by atoms with Crippen LogP contribution in [0.15, 0.2) is 35.9 Å². The summed E-state index contributed by atoms with van der Waals surface area (Å²) >= 11 is 1.28. The van der Waals surface area contributed by atoms with E-state index in [4.69, 9.17) is 14.2 Å². The number of thioether (sulfide) groups is 1. The summed E-state index contributed by atoms with van der Waals surface area (Å²) in [5, 5.41) is 19.3. The number of nitrogens with zero attached hydrogens (tertiary/aromatic N) is 2. The van der Waals surface area contributed by atoms with Crippen molar-refractivity contribution < 1.29 is 43.6 Å². The van der Waals surface area contributed by atoms with Gasteiger partial charge < -0.3 is 34.2 Å². The second kappa shape index (κ2) is 11.0. The van der Waals surface area contributed by atoms with Crippen molar-refractivity contribution in [2.45, 2.75) is 43.2 Å². The number of carboxylic acids is 1. The number of fused-ring (bicyclic) bond motifs is 1. The number of aliphatic hydroxyl groups is 1. The van der Waals surface area contributed by atoms with Crippen LogP contribution in [0, 0.1) is 5.92 Å². The normalized spacial score (nSPS) is 26.5. The van der Waals surface area contributed by atoms with Crippen molar-refractivity contribution in [3.8, 4) is 0 Å². The van der Waals surface area contributed by atoms with Gasteiger partial charge in [-0.2, -0.15) is 0 Å². The number of hydrogen-bond donors (Lipinski definition) is 2. The molecule has 34 heavy (non-hydrogen) atoms. The van der Waals surface area contributed by atoms with Crippen LogP contribution in [0.4, 0.5) is 9.59 Å². The highest BCUT2D eigenvalue weighted by molar-refractivity contribution is 8.03. The highest BCUT2D eigenvalue weighted by atomic mass is 32.2. The lowest BCUT2D eigenvalue weighted by molar-refractivity contribution is -0.162. The first-order valence-electron chi connectivity index (χ1n) is 10.8. The maximum atomic E-state index is 12.8. The Balaban J connectivity index is 1.68. The summed E-state index contributed by atoms with van der Waals surface area (Å²) in [4.78, 5) is 52.0. The van der Waals surface area contributed by atoms with Gasteiger partial charge in [-0.05, 0) is 13.3 Å². The van der Waals surface area contributed by atoms with Crippen LogP contribution in [0.5, 0.6) is 0 Å². The minimum absolute atomic E-state index is 0.0282. The van der Waals surface area contributed by atoms with E-state index in [2.05, 4.69) is 13.2 Å². The third-order valence-corrected chi connectivity index (χ3v) is 7.25. The summed E-state index contributed by atoms with van der Waals surface area (Å²) in [7, 11) is 0. The Hall–Kier alpha value is -2.99. The monoisotopic (exact) mass is 496 g/mol. The van der Waals surface area contributed by atoms with Gasteiger partial charge in [-0.15, -0.1) is 11.8 Å². The van der Waals surface area contributed by atoms with E-state index in [1.54, 1.807) is 6.92 Å². The van der Waals surface area contributed by atoms with Crippen LogP contribution in [-0.4, -0.2) is 93.9 Å². The fourth-order valence-corrected chi connectivity index (χ4v) is 6.00. The first kappa shape index (κ1) is 25.6. The number of hydrogen-bond acceptors (Lipinski definition) is 9. The lowest BCUT2D eigenvalue weighted by atomic mass is 9.83. The molecule has 11 nitrogen and oxygen atoms in total. The molecular weight excluding hydrogens is 468 g/mol. The molecule has 2 amide bonds. The van der Waals surface area contributed by atoms with Gasteiger partial charge in [0.1, 0.15) is 25.0 Å². The summed E-state index contributed by atoms with van der Waals surface area (Å²) in [5.74, 6) is -2.35. The Morgan fingerprint density at radius 1 is 1.24 bits per heavy atom. The standard InChI is InChI=1S/C22H28N2O9S/c1-4-6-31-21(29)23-10-14(8-13(23)11-25)34-16-9-15-17(12(3)33-22(30)32-7-5-2)19(26)24(15)18(16)20(27)28/h4-5,12-15,17,25H,1-2,6-11H2,3H3,(H,27,28)/t12-,13+,14+,15-,17-/m1/s1. The number of aliphatic carboxylic acids is 1. The third kappa shape index (κ3) is 5.07. The van der Waals surface area contributed by atoms with Gasteiger partial charge >= 0.3 is 18.2 Å². The highest BCUT2D eigenvalue weighted by Crippen LogP contribution is 2.49. The van der Waals surface area contributed by atoms with Gasteiger partial charge in [-0.1, -0.05) is 25.3 Å². The third-order valence-electron chi connectivity index (χ3n) is 5.93. The molecule has 0 radical (unpaired) electrons. The first-order chi connectivity index (χ1) is 16.2. The fourth-order valence-electron chi connectivity index (χ4n) is 4.48. The van der Waals surface area contributed by atoms with Crippen LogP contribution in [0.25, 0.3) is 0 Å². The highest BCUT2D eigenvalue weighted by Gasteiger charge is 2.58. The van der Waals surface area contributed by atoms with Gasteiger partial charge in [0, 0.05) is 23.1 Å². The predicted molar refractivity (Wildman–Crippen MR) is 121 cm³/mol. The maximum absolute atomic E-state index is 12.8. The Morgan fingerprint density at radius 2 is 1.91 bits per heavy atom. The number of carboxylic acid groups (broad SMARTS) is 1. The Kier molecular flexibility index (Phi) is 8.26. The molecular formula is C22H28N2O9S. The van der Waals surface area contributed by atoms with Crippen LogP contribution in [0.3, 0.4) is 0 Å². The summed E-state index contributed by atoms with van der Waals surface area (Å²) < 4.78 is 15.0. The van der Waals surface area contributed by atoms with E-state index in [9.17, 15) is 29.4 Å². The SMILES string of the molecule is C=CCOC(=O)O[C@H](C)[C@H]1C(=O)N2C(C(=O)O)=C(S[C@H]3C[C@@H](CO)N(C(=O)OCC=C)C3)C[C@H]12. The summed E-state index contributed by atoms with van der Waals surface area (Å²) in [6.07, 6.45) is 1.26. The topological polar surface area (TPSA) is 143 Å². The molecule has 0 saturated carbocycles. The molecule has 0 aromatic rings. The van der Waals surface area contributed by atoms with E-state index in [1.807, 2.05) is 0 Å². The largest absolute Gasteiger partial charge is 0.508 e. The van der Waals surface area contributed by atoms with E-state index < -0.39 is 48.2 Å². The zero-order valence-electron chi connectivity index (χ0n) is 18.8. The van der Waals surface area contributed by atoms with Crippen molar-refractivity contribution in [1.82, 2.24) is 9.80 Å². The summed E-state index contributed by atoms with van der Waals surface area (Å²) in [5.41, 5.74) is -0.0917. The lowest BCUT2D eigenvalue weighted by Gasteiger charge is -2.45. The number of rotatable bonds is 10. The molecule has 0 bridgehead atoms. The molecule has 5 atom stereocenters. The number of β-lactam (4-membered cyclic amide) rings is 1. The molecule has 0 aromatic carbocycles. The number of carbonyl (C=O) groups is 4. The van der Waals surface area contributed by atoms with E-state index in [1.165, 1.54) is 33.7 Å². The number of aliphatic hydroxyl groups excluding tert-OH is 1. The summed E-state index contributed by atoms with van der Waals surface area (Å²) in [6, 6.07) is -0.904. The van der Waals surface area contributed by atoms with Gasteiger partial charge in [-0.25, -0.2) is 14.4 Å². The van der Waals surface area contributed by atoms with Crippen LogP contribution >= 0.6 is 11.8 Å². The van der Waals surface area contributed by atoms with Gasteiger partial charge in [0.05, 0.1) is 24.6 Å². The Bertz CT molecular complexity index is 905. The zero-order valence-corrected chi connectivity index (χ0v) is 19.6. The zero-order chi connectivity index (χ0) is 25.0. The van der Waals surface area contributed by atoms with Gasteiger partial charge in [0.2, 0.25) is 5.91 Å². The van der Waals surface area contributed by atoms with Crippen LogP contribution in [0.1, 0.15) is 19.8 Å². The molecule has 3 heterocycles. The molecule has 3 aliphatic heterocycles. The number of carbonyl (C=O) groups excluding carboxylic acids is 3. The van der Waals surface area contributed by atoms with Crippen LogP contribution in [-0.2, 0) is 23.8 Å². The molecule has 2 N–H and O–H groups in total. The van der Waals surface area contributed by atoms with E-state index in [0.29, 0.717) is 17.7 Å². The number of amides is 2. The van der Waals surface area contributed by atoms with E-state index >= 15 is 0 Å². The lowest BCUT2D eigenvalue weighted by Crippen LogP contribution is -2.62.